The Morgan fingerprint density at radius 3 is 2.43 bits per heavy atom. The third-order valence-electron chi connectivity index (χ3n) is 4.43. The number of methoxy groups -OCH3 is 1. The number of hydrogen-bond acceptors (Lipinski definition) is 4. The van der Waals surface area contributed by atoms with Crippen molar-refractivity contribution < 1.29 is 13.2 Å². The number of nitrogens with two attached hydrogens (primary N) is 1. The van der Waals surface area contributed by atoms with E-state index in [0.29, 0.717) is 30.3 Å². The zero-order valence-corrected chi connectivity index (χ0v) is 18.8. The van der Waals surface area contributed by atoms with Crippen LogP contribution in [0.2, 0.25) is 0 Å². The topological polar surface area (TPSA) is 97.0 Å². The fourth-order valence-corrected chi connectivity index (χ4v) is 4.46. The lowest BCUT2D eigenvalue weighted by Crippen LogP contribution is -2.27. The monoisotopic (exact) mass is 516 g/mol. The van der Waals surface area contributed by atoms with E-state index in [1.165, 1.54) is 4.31 Å². The molecule has 7 nitrogen and oxygen atoms in total. The number of nitrogens with zero attached hydrogens (tertiary/aromatic N) is 2. The van der Waals surface area contributed by atoms with E-state index in [-0.39, 0.29) is 29.9 Å². The molecule has 3 rings (SSSR count). The van der Waals surface area contributed by atoms with Crippen LogP contribution in [-0.4, -0.2) is 38.9 Å². The minimum Gasteiger partial charge on any atom is -0.495 e. The van der Waals surface area contributed by atoms with E-state index >= 15 is 0 Å². The number of para-hydroxylation sites is 2. The summed E-state index contributed by atoms with van der Waals surface area (Å²) in [7, 11) is -1.80. The van der Waals surface area contributed by atoms with Crippen molar-refractivity contribution >= 4 is 45.6 Å². The van der Waals surface area contributed by atoms with E-state index in [1.54, 1.807) is 31.4 Å². The third-order valence-corrected chi connectivity index (χ3v) is 6.34. The van der Waals surface area contributed by atoms with Gasteiger partial charge in [-0.15, -0.1) is 24.0 Å². The van der Waals surface area contributed by atoms with Crippen molar-refractivity contribution in [2.24, 2.45) is 10.7 Å². The van der Waals surface area contributed by atoms with Gasteiger partial charge in [0.2, 0.25) is 10.0 Å². The predicted octanol–water partition coefficient (Wildman–Crippen LogP) is 3.02. The Hall–Kier alpha value is -1.85. The molecule has 0 spiro atoms. The number of aliphatic imine (C=N–C) groups is 1. The summed E-state index contributed by atoms with van der Waals surface area (Å²) in [5, 5.41) is 3.00. The van der Waals surface area contributed by atoms with E-state index in [0.717, 1.165) is 24.1 Å². The van der Waals surface area contributed by atoms with Crippen LogP contribution in [0.1, 0.15) is 18.4 Å². The molecule has 2 aromatic carbocycles. The molecule has 28 heavy (non-hydrogen) atoms. The van der Waals surface area contributed by atoms with Crippen molar-refractivity contribution in [3.05, 3.63) is 54.1 Å². The highest BCUT2D eigenvalue weighted by Crippen LogP contribution is 2.23. The molecule has 1 aliphatic rings. The largest absolute Gasteiger partial charge is 0.495 e. The molecule has 1 saturated heterocycles. The summed E-state index contributed by atoms with van der Waals surface area (Å²) in [6.07, 6.45) is 1.84. The molecule has 0 bridgehead atoms. The van der Waals surface area contributed by atoms with Gasteiger partial charge in [0.05, 0.1) is 24.2 Å². The molecule has 0 radical (unpaired) electrons. The molecule has 152 valence electrons. The smallest absolute Gasteiger partial charge is 0.243 e. The van der Waals surface area contributed by atoms with Crippen LogP contribution in [0.5, 0.6) is 5.75 Å². The van der Waals surface area contributed by atoms with Gasteiger partial charge in [-0.2, -0.15) is 4.31 Å². The molecule has 0 amide bonds. The van der Waals surface area contributed by atoms with Crippen molar-refractivity contribution in [2.45, 2.75) is 24.3 Å². The highest BCUT2D eigenvalue weighted by atomic mass is 127. The Balaban J connectivity index is 0.00000280. The Morgan fingerprint density at radius 2 is 1.79 bits per heavy atom. The number of anilines is 1. The molecule has 1 heterocycles. The lowest BCUT2D eigenvalue weighted by atomic mass is 10.2. The Bertz CT molecular complexity index is 911. The van der Waals surface area contributed by atoms with Crippen molar-refractivity contribution in [1.82, 2.24) is 4.31 Å². The standard InChI is InChI=1S/C19H24N4O3S.HI/c1-26-18-7-3-2-6-17(18)22-19(20)21-14-15-8-10-16(11-9-15)27(24,25)23-12-4-5-13-23;/h2-3,6-11H,4-5,12-14H2,1H3,(H3,20,21,22);1H. The molecular weight excluding hydrogens is 491 g/mol. The quantitative estimate of drug-likeness (QED) is 0.350. The fraction of sp³-hybridized carbons (Fsp3) is 0.316. The van der Waals surface area contributed by atoms with Crippen LogP contribution in [-0.2, 0) is 16.6 Å². The van der Waals surface area contributed by atoms with E-state index in [4.69, 9.17) is 10.5 Å². The van der Waals surface area contributed by atoms with Gasteiger partial charge >= 0.3 is 0 Å². The van der Waals surface area contributed by atoms with Gasteiger partial charge < -0.3 is 15.8 Å². The Kier molecular flexibility index (Phi) is 8.08. The first-order valence-corrected chi connectivity index (χ1v) is 10.2. The second-order valence-corrected chi connectivity index (χ2v) is 8.22. The summed E-state index contributed by atoms with van der Waals surface area (Å²) in [5.41, 5.74) is 7.54. The highest BCUT2D eigenvalue weighted by Gasteiger charge is 2.26. The first-order valence-electron chi connectivity index (χ1n) is 8.80. The lowest BCUT2D eigenvalue weighted by molar-refractivity contribution is 0.417. The Morgan fingerprint density at radius 1 is 1.14 bits per heavy atom. The third kappa shape index (κ3) is 5.36. The molecule has 9 heteroatoms. The molecule has 2 aromatic rings. The molecule has 3 N–H and O–H groups in total. The predicted molar refractivity (Wildman–Crippen MR) is 122 cm³/mol. The summed E-state index contributed by atoms with van der Waals surface area (Å²) in [6, 6.07) is 14.2. The first kappa shape index (κ1) is 22.4. The molecule has 0 saturated carbocycles. The molecule has 0 aliphatic carbocycles. The van der Waals surface area contributed by atoms with E-state index in [1.807, 2.05) is 24.3 Å². The van der Waals surface area contributed by atoms with Crippen molar-refractivity contribution in [3.63, 3.8) is 0 Å². The summed E-state index contributed by atoms with van der Waals surface area (Å²) in [4.78, 5) is 4.62. The minimum atomic E-state index is -3.39. The zero-order valence-electron chi connectivity index (χ0n) is 15.7. The molecule has 1 fully saturated rings. The lowest BCUT2D eigenvalue weighted by Gasteiger charge is -2.15. The van der Waals surface area contributed by atoms with Gasteiger partial charge in [-0.25, -0.2) is 13.4 Å². The van der Waals surface area contributed by atoms with Crippen LogP contribution in [0.3, 0.4) is 0 Å². The summed E-state index contributed by atoms with van der Waals surface area (Å²) in [6.45, 7) is 1.54. The van der Waals surface area contributed by atoms with Crippen LogP contribution in [0.25, 0.3) is 0 Å². The minimum absolute atomic E-state index is 0. The summed E-state index contributed by atoms with van der Waals surface area (Å²) < 4.78 is 31.9. The normalized spacial score (nSPS) is 15.1. The number of guanidine groups is 1. The van der Waals surface area contributed by atoms with Gasteiger partial charge in [0, 0.05) is 13.1 Å². The van der Waals surface area contributed by atoms with Gasteiger partial charge in [-0.3, -0.25) is 0 Å². The van der Waals surface area contributed by atoms with Gasteiger partial charge in [0.25, 0.3) is 0 Å². The maximum atomic E-state index is 12.5. The number of benzene rings is 2. The fourth-order valence-electron chi connectivity index (χ4n) is 2.95. The van der Waals surface area contributed by atoms with Crippen molar-refractivity contribution in [2.75, 3.05) is 25.5 Å². The van der Waals surface area contributed by atoms with Gasteiger partial charge in [0.15, 0.2) is 5.96 Å². The number of sulfonamides is 1. The zero-order chi connectivity index (χ0) is 19.3. The average molecular weight is 516 g/mol. The summed E-state index contributed by atoms with van der Waals surface area (Å²) in [5.74, 6) is 0.931. The number of ether oxygens (including phenoxy) is 1. The van der Waals surface area contributed by atoms with Crippen LogP contribution < -0.4 is 15.8 Å². The maximum Gasteiger partial charge on any atom is 0.243 e. The SMILES string of the molecule is COc1ccccc1NC(N)=NCc1ccc(S(=O)(=O)N2CCCC2)cc1.I. The number of hydrogen-bond donors (Lipinski definition) is 2. The number of nitrogens with one attached hydrogen (secondary N) is 1. The number of rotatable bonds is 6. The number of halogens is 1. The van der Waals surface area contributed by atoms with Crippen molar-refractivity contribution in [3.8, 4) is 5.75 Å². The van der Waals surface area contributed by atoms with Crippen LogP contribution in [0.15, 0.2) is 58.4 Å². The van der Waals surface area contributed by atoms with E-state index in [2.05, 4.69) is 10.3 Å². The van der Waals surface area contributed by atoms with Gasteiger partial charge in [-0.1, -0.05) is 24.3 Å². The molecule has 0 aromatic heterocycles. The second-order valence-electron chi connectivity index (χ2n) is 6.28. The second kappa shape index (κ2) is 10.1. The maximum absolute atomic E-state index is 12.5. The highest BCUT2D eigenvalue weighted by molar-refractivity contribution is 14.0. The van der Waals surface area contributed by atoms with Gasteiger partial charge in [0.1, 0.15) is 5.75 Å². The molecule has 1 aliphatic heterocycles. The average Bonchev–Trinajstić information content (AvgIpc) is 3.23. The van der Waals surface area contributed by atoms with Crippen molar-refractivity contribution in [1.29, 1.82) is 0 Å². The molecule has 0 atom stereocenters. The van der Waals surface area contributed by atoms with E-state index in [9.17, 15) is 8.42 Å². The van der Waals surface area contributed by atoms with Crippen LogP contribution >= 0.6 is 24.0 Å². The molecular formula is C19H25IN4O3S. The van der Waals surface area contributed by atoms with Gasteiger partial charge in [-0.05, 0) is 42.7 Å². The Labute approximate surface area is 183 Å². The van der Waals surface area contributed by atoms with Crippen LogP contribution in [0, 0.1) is 0 Å². The van der Waals surface area contributed by atoms with E-state index < -0.39 is 10.0 Å². The van der Waals surface area contributed by atoms with Crippen LogP contribution in [0.4, 0.5) is 5.69 Å². The summed E-state index contributed by atoms with van der Waals surface area (Å²) >= 11 is 0. The molecule has 0 unspecified atom stereocenters. The first-order chi connectivity index (χ1) is 13.0.